The maximum Gasteiger partial charge on any atom is 0.417 e. The summed E-state index contributed by atoms with van der Waals surface area (Å²) in [6.07, 6.45) is -14.1. The molecule has 198 valence electrons. The normalized spacial score (nSPS) is 12.5. The number of rotatable bonds is 4. The van der Waals surface area contributed by atoms with Crippen LogP contribution in [0.1, 0.15) is 16.7 Å². The molecule has 4 aromatic carbocycles. The van der Waals surface area contributed by atoms with Crippen molar-refractivity contribution in [2.24, 2.45) is 0 Å². The van der Waals surface area contributed by atoms with Crippen molar-refractivity contribution in [2.45, 2.75) is 18.5 Å². The van der Waals surface area contributed by atoms with Gasteiger partial charge in [-0.3, -0.25) is 0 Å². The van der Waals surface area contributed by atoms with Gasteiger partial charge in [0, 0.05) is 11.1 Å². The fourth-order valence-electron chi connectivity index (χ4n) is 4.19. The molecule has 0 N–H and O–H groups in total. The first-order valence-corrected chi connectivity index (χ1v) is 10.9. The van der Waals surface area contributed by atoms with Crippen LogP contribution in [0.15, 0.2) is 84.9 Å². The van der Waals surface area contributed by atoms with E-state index in [0.29, 0.717) is 0 Å². The predicted octanol–water partition coefficient (Wildman–Crippen LogP) is 9.75. The van der Waals surface area contributed by atoms with Crippen molar-refractivity contribution < 1.29 is 44.3 Å². The molecule has 0 saturated carbocycles. The first kappa shape index (κ1) is 27.1. The first-order valence-electron chi connectivity index (χ1n) is 10.9. The third-order valence-corrected chi connectivity index (χ3v) is 5.89. The number of hydrogen-bond acceptors (Lipinski definition) is 1. The SMILES string of the molecule is COc1c(-c2ccc(C(F)(F)F)cc2)ccc(-c2ccccc2C(F)(F)F)c1-c1cccc(C(F)(F)F)c1. The van der Waals surface area contributed by atoms with E-state index in [9.17, 15) is 39.5 Å². The van der Waals surface area contributed by atoms with Gasteiger partial charge in [-0.2, -0.15) is 39.5 Å². The molecule has 4 rings (SSSR count). The van der Waals surface area contributed by atoms with Crippen molar-refractivity contribution in [1.29, 1.82) is 0 Å². The zero-order chi connectivity index (χ0) is 27.9. The van der Waals surface area contributed by atoms with Crippen molar-refractivity contribution in [3.63, 3.8) is 0 Å². The Morgan fingerprint density at radius 3 is 1.68 bits per heavy atom. The number of alkyl halides is 9. The molecule has 0 bridgehead atoms. The molecule has 0 radical (unpaired) electrons. The summed E-state index contributed by atoms with van der Waals surface area (Å²) in [5.74, 6) is -0.0986. The highest BCUT2D eigenvalue weighted by atomic mass is 19.4. The second-order valence-electron chi connectivity index (χ2n) is 8.27. The van der Waals surface area contributed by atoms with E-state index >= 15 is 0 Å². The van der Waals surface area contributed by atoms with Gasteiger partial charge in [-0.05, 0) is 58.7 Å². The molecule has 10 heteroatoms. The lowest BCUT2D eigenvalue weighted by Crippen LogP contribution is -2.08. The van der Waals surface area contributed by atoms with E-state index in [1.165, 1.54) is 43.5 Å². The van der Waals surface area contributed by atoms with Crippen LogP contribution in [0.2, 0.25) is 0 Å². The van der Waals surface area contributed by atoms with E-state index in [4.69, 9.17) is 4.74 Å². The lowest BCUT2D eigenvalue weighted by molar-refractivity contribution is -0.138. The summed E-state index contributed by atoms with van der Waals surface area (Å²) in [6.45, 7) is 0. The third-order valence-electron chi connectivity index (χ3n) is 5.89. The van der Waals surface area contributed by atoms with E-state index in [1.807, 2.05) is 0 Å². The molecule has 0 aliphatic heterocycles. The smallest absolute Gasteiger partial charge is 0.417 e. The molecule has 0 aliphatic rings. The summed E-state index contributed by atoms with van der Waals surface area (Å²) in [5.41, 5.74) is -3.10. The van der Waals surface area contributed by atoms with Gasteiger partial charge in [-0.15, -0.1) is 0 Å². The van der Waals surface area contributed by atoms with Crippen LogP contribution in [0, 0.1) is 0 Å². The zero-order valence-corrected chi connectivity index (χ0v) is 19.4. The quantitative estimate of drug-likeness (QED) is 0.234. The highest BCUT2D eigenvalue weighted by molar-refractivity contribution is 5.94. The number of ether oxygens (including phenoxy) is 1. The Morgan fingerprint density at radius 1 is 0.500 bits per heavy atom. The van der Waals surface area contributed by atoms with Gasteiger partial charge in [0.2, 0.25) is 0 Å². The first-order chi connectivity index (χ1) is 17.7. The Hall–Kier alpha value is -3.95. The summed E-state index contributed by atoms with van der Waals surface area (Å²) < 4.78 is 127. The minimum absolute atomic E-state index is 0.0650. The number of hydrogen-bond donors (Lipinski definition) is 0. The van der Waals surface area contributed by atoms with Crippen LogP contribution in [-0.4, -0.2) is 7.11 Å². The van der Waals surface area contributed by atoms with Crippen molar-refractivity contribution in [3.8, 4) is 39.1 Å². The molecule has 1 nitrogen and oxygen atoms in total. The lowest BCUT2D eigenvalue weighted by Gasteiger charge is -2.21. The molecule has 0 aromatic heterocycles. The number of methoxy groups -OCH3 is 1. The highest BCUT2D eigenvalue weighted by Gasteiger charge is 2.35. The molecule has 0 aliphatic carbocycles. The largest absolute Gasteiger partial charge is 0.495 e. The van der Waals surface area contributed by atoms with Crippen molar-refractivity contribution in [3.05, 3.63) is 102 Å². The Balaban J connectivity index is 2.05. The van der Waals surface area contributed by atoms with Crippen LogP contribution in [0.4, 0.5) is 39.5 Å². The summed E-state index contributed by atoms with van der Waals surface area (Å²) in [6, 6.07) is 15.2. The van der Waals surface area contributed by atoms with Gasteiger partial charge in [-0.25, -0.2) is 0 Å². The van der Waals surface area contributed by atoms with Crippen molar-refractivity contribution in [1.82, 2.24) is 0 Å². The van der Waals surface area contributed by atoms with Gasteiger partial charge in [0.15, 0.2) is 0 Å². The molecule has 0 heterocycles. The Labute approximate surface area is 211 Å². The summed E-state index contributed by atoms with van der Waals surface area (Å²) in [4.78, 5) is 0. The van der Waals surface area contributed by atoms with Crippen LogP contribution in [0.3, 0.4) is 0 Å². The van der Waals surface area contributed by atoms with Gasteiger partial charge in [-0.1, -0.05) is 48.5 Å². The second kappa shape index (κ2) is 9.74. The average molecular weight is 540 g/mol. The molecular weight excluding hydrogens is 523 g/mol. The van der Waals surface area contributed by atoms with Crippen molar-refractivity contribution in [2.75, 3.05) is 7.11 Å². The van der Waals surface area contributed by atoms with E-state index < -0.39 is 35.2 Å². The van der Waals surface area contributed by atoms with Gasteiger partial charge in [0.25, 0.3) is 0 Å². The minimum atomic E-state index is -4.78. The van der Waals surface area contributed by atoms with Gasteiger partial charge < -0.3 is 4.74 Å². The summed E-state index contributed by atoms with van der Waals surface area (Å²) in [7, 11) is 1.18. The maximum atomic E-state index is 13.9. The standard InChI is InChI=1S/C28H17F9O/c1-38-25-20(16-9-11-18(12-10-16)26(29,30)31)13-14-22(21-7-2-3-8-23(21)28(35,36)37)24(25)17-5-4-6-19(15-17)27(32,33)34/h2-15H,1H3. The molecule has 0 unspecified atom stereocenters. The van der Waals surface area contributed by atoms with E-state index in [0.717, 1.165) is 48.5 Å². The molecule has 4 aromatic rings. The fraction of sp³-hybridized carbons (Fsp3) is 0.143. The van der Waals surface area contributed by atoms with E-state index in [-0.39, 0.29) is 39.1 Å². The van der Waals surface area contributed by atoms with E-state index in [1.54, 1.807) is 0 Å². The Kier molecular flexibility index (Phi) is 6.94. The minimum Gasteiger partial charge on any atom is -0.495 e. The Morgan fingerprint density at radius 2 is 1.11 bits per heavy atom. The second-order valence-corrected chi connectivity index (χ2v) is 8.27. The molecule has 0 atom stereocenters. The molecule has 0 saturated heterocycles. The molecule has 0 fully saturated rings. The average Bonchev–Trinajstić information content (AvgIpc) is 2.86. The van der Waals surface area contributed by atoms with Crippen LogP contribution >= 0.6 is 0 Å². The van der Waals surface area contributed by atoms with Gasteiger partial charge in [0.05, 0.1) is 23.8 Å². The maximum absolute atomic E-state index is 13.9. The van der Waals surface area contributed by atoms with E-state index in [2.05, 4.69) is 0 Å². The molecule has 0 amide bonds. The lowest BCUT2D eigenvalue weighted by atomic mass is 9.87. The van der Waals surface area contributed by atoms with Crippen molar-refractivity contribution >= 4 is 0 Å². The van der Waals surface area contributed by atoms with Crippen LogP contribution < -0.4 is 4.74 Å². The van der Waals surface area contributed by atoms with Gasteiger partial charge in [0.1, 0.15) is 5.75 Å². The third kappa shape index (κ3) is 5.34. The molecule has 0 spiro atoms. The summed E-state index contributed by atoms with van der Waals surface area (Å²) >= 11 is 0. The summed E-state index contributed by atoms with van der Waals surface area (Å²) in [5, 5.41) is 0. The topological polar surface area (TPSA) is 9.23 Å². The zero-order valence-electron chi connectivity index (χ0n) is 19.4. The number of benzene rings is 4. The van der Waals surface area contributed by atoms with Crippen LogP contribution in [0.25, 0.3) is 33.4 Å². The Bertz CT molecular complexity index is 1450. The fourth-order valence-corrected chi connectivity index (χ4v) is 4.19. The molecular formula is C28H17F9O. The van der Waals surface area contributed by atoms with Crippen LogP contribution in [-0.2, 0) is 18.5 Å². The highest BCUT2D eigenvalue weighted by Crippen LogP contribution is 2.48. The predicted molar refractivity (Wildman–Crippen MR) is 124 cm³/mol. The molecule has 38 heavy (non-hydrogen) atoms. The van der Waals surface area contributed by atoms with Crippen LogP contribution in [0.5, 0.6) is 5.75 Å². The van der Waals surface area contributed by atoms with Gasteiger partial charge >= 0.3 is 18.5 Å². The number of halogens is 9. The monoisotopic (exact) mass is 540 g/mol.